The normalized spacial score (nSPS) is 10.3. The number of hydrogen-bond donors (Lipinski definition) is 2. The number of carbonyl (C=O) groups excluding carboxylic acids is 1. The van der Waals surface area contributed by atoms with E-state index in [1.54, 1.807) is 24.1 Å². The molecule has 94 valence electrons. The van der Waals surface area contributed by atoms with Gasteiger partial charge in [-0.2, -0.15) is 5.10 Å². The number of nitrogens with zero attached hydrogens (tertiary/aromatic N) is 2. The Labute approximate surface area is 103 Å². The molecule has 0 unspecified atom stereocenters. The van der Waals surface area contributed by atoms with Gasteiger partial charge in [-0.15, -0.1) is 0 Å². The van der Waals surface area contributed by atoms with Crippen molar-refractivity contribution in [1.82, 2.24) is 15.1 Å². The Bertz CT molecular complexity index is 579. The SMILES string of the molecule is Cn1cc(CNC(=O)c2ccc(F)cc2N)cn1. The largest absolute Gasteiger partial charge is 0.398 e. The Morgan fingerprint density at radius 2 is 2.33 bits per heavy atom. The van der Waals surface area contributed by atoms with E-state index in [0.29, 0.717) is 6.54 Å². The molecule has 1 aromatic carbocycles. The lowest BCUT2D eigenvalue weighted by molar-refractivity contribution is 0.0952. The summed E-state index contributed by atoms with van der Waals surface area (Å²) in [5.74, 6) is -0.798. The molecule has 0 bridgehead atoms. The van der Waals surface area contributed by atoms with Gasteiger partial charge in [0.05, 0.1) is 11.8 Å². The summed E-state index contributed by atoms with van der Waals surface area (Å²) >= 11 is 0. The zero-order valence-corrected chi connectivity index (χ0v) is 9.85. The zero-order chi connectivity index (χ0) is 13.1. The number of rotatable bonds is 3. The summed E-state index contributed by atoms with van der Waals surface area (Å²) in [6.07, 6.45) is 3.46. The van der Waals surface area contributed by atoms with Crippen molar-refractivity contribution >= 4 is 11.6 Å². The van der Waals surface area contributed by atoms with Crippen LogP contribution in [0.25, 0.3) is 0 Å². The topological polar surface area (TPSA) is 72.9 Å². The number of nitrogen functional groups attached to an aromatic ring is 1. The highest BCUT2D eigenvalue weighted by atomic mass is 19.1. The molecule has 2 rings (SSSR count). The standard InChI is InChI=1S/C12H13FN4O/c1-17-7-8(6-16-17)5-15-12(18)10-3-2-9(13)4-11(10)14/h2-4,6-7H,5,14H2,1H3,(H,15,18). The molecule has 2 aromatic rings. The Balaban J connectivity index is 2.03. The summed E-state index contributed by atoms with van der Waals surface area (Å²) in [6.45, 7) is 0.351. The minimum atomic E-state index is -0.462. The van der Waals surface area contributed by atoms with Crippen LogP contribution in [-0.4, -0.2) is 15.7 Å². The molecule has 5 nitrogen and oxygen atoms in total. The third kappa shape index (κ3) is 2.65. The fourth-order valence-electron chi connectivity index (χ4n) is 1.58. The van der Waals surface area contributed by atoms with Crippen molar-refractivity contribution in [2.75, 3.05) is 5.73 Å². The van der Waals surface area contributed by atoms with Gasteiger partial charge in [0, 0.05) is 31.0 Å². The van der Waals surface area contributed by atoms with E-state index in [2.05, 4.69) is 10.4 Å². The second-order valence-corrected chi connectivity index (χ2v) is 3.94. The van der Waals surface area contributed by atoms with Crippen LogP contribution in [0.4, 0.5) is 10.1 Å². The van der Waals surface area contributed by atoms with Crippen LogP contribution < -0.4 is 11.1 Å². The third-order valence-corrected chi connectivity index (χ3v) is 2.47. The summed E-state index contributed by atoms with van der Waals surface area (Å²) in [5, 5.41) is 6.68. The van der Waals surface area contributed by atoms with E-state index in [-0.39, 0.29) is 17.2 Å². The first kappa shape index (κ1) is 12.1. The van der Waals surface area contributed by atoms with E-state index in [1.807, 2.05) is 0 Å². The number of hydrogen-bond acceptors (Lipinski definition) is 3. The summed E-state index contributed by atoms with van der Waals surface area (Å²) < 4.78 is 14.5. The molecule has 1 amide bonds. The lowest BCUT2D eigenvalue weighted by atomic mass is 10.1. The summed E-state index contributed by atoms with van der Waals surface area (Å²) in [7, 11) is 1.79. The Morgan fingerprint density at radius 3 is 2.94 bits per heavy atom. The van der Waals surface area contributed by atoms with Crippen molar-refractivity contribution in [1.29, 1.82) is 0 Å². The fourth-order valence-corrected chi connectivity index (χ4v) is 1.58. The van der Waals surface area contributed by atoms with Gasteiger partial charge in [-0.25, -0.2) is 4.39 Å². The van der Waals surface area contributed by atoms with Gasteiger partial charge in [-0.05, 0) is 18.2 Å². The monoisotopic (exact) mass is 248 g/mol. The van der Waals surface area contributed by atoms with E-state index in [1.165, 1.54) is 12.1 Å². The van der Waals surface area contributed by atoms with Gasteiger partial charge in [0.1, 0.15) is 5.82 Å². The van der Waals surface area contributed by atoms with E-state index < -0.39 is 5.82 Å². The predicted octanol–water partition coefficient (Wildman–Crippen LogP) is 1.07. The lowest BCUT2D eigenvalue weighted by Gasteiger charge is -2.06. The molecular formula is C12H13FN4O. The summed E-state index contributed by atoms with van der Waals surface area (Å²) in [6, 6.07) is 3.69. The van der Waals surface area contributed by atoms with Gasteiger partial charge < -0.3 is 11.1 Å². The highest BCUT2D eigenvalue weighted by Crippen LogP contribution is 2.13. The number of aromatic nitrogens is 2. The molecule has 0 fully saturated rings. The average molecular weight is 248 g/mol. The number of nitrogens with one attached hydrogen (secondary N) is 1. The second-order valence-electron chi connectivity index (χ2n) is 3.94. The molecule has 1 aromatic heterocycles. The van der Waals surface area contributed by atoms with Crippen molar-refractivity contribution in [2.24, 2.45) is 7.05 Å². The van der Waals surface area contributed by atoms with Crippen LogP contribution in [-0.2, 0) is 13.6 Å². The number of aryl methyl sites for hydroxylation is 1. The van der Waals surface area contributed by atoms with Crippen LogP contribution >= 0.6 is 0 Å². The van der Waals surface area contributed by atoms with Crippen LogP contribution in [0, 0.1) is 5.82 Å². The molecule has 0 radical (unpaired) electrons. The number of halogens is 1. The van der Waals surface area contributed by atoms with Crippen LogP contribution in [0.15, 0.2) is 30.6 Å². The highest BCUT2D eigenvalue weighted by molar-refractivity contribution is 5.99. The smallest absolute Gasteiger partial charge is 0.253 e. The molecule has 3 N–H and O–H groups in total. The summed E-state index contributed by atoms with van der Waals surface area (Å²) in [4.78, 5) is 11.8. The molecule has 1 heterocycles. The molecule has 0 atom stereocenters. The molecular weight excluding hydrogens is 235 g/mol. The van der Waals surface area contributed by atoms with E-state index in [9.17, 15) is 9.18 Å². The zero-order valence-electron chi connectivity index (χ0n) is 9.85. The number of amides is 1. The third-order valence-electron chi connectivity index (χ3n) is 2.47. The van der Waals surface area contributed by atoms with Crippen molar-refractivity contribution in [3.05, 3.63) is 47.5 Å². The number of carbonyl (C=O) groups is 1. The minimum absolute atomic E-state index is 0.124. The Morgan fingerprint density at radius 1 is 1.56 bits per heavy atom. The van der Waals surface area contributed by atoms with E-state index >= 15 is 0 Å². The van der Waals surface area contributed by atoms with Gasteiger partial charge in [0.25, 0.3) is 5.91 Å². The Kier molecular flexibility index (Phi) is 3.27. The molecule has 0 saturated heterocycles. The maximum atomic E-state index is 12.8. The fraction of sp³-hybridized carbons (Fsp3) is 0.167. The molecule has 6 heteroatoms. The molecule has 0 saturated carbocycles. The maximum absolute atomic E-state index is 12.8. The van der Waals surface area contributed by atoms with Crippen molar-refractivity contribution in [2.45, 2.75) is 6.54 Å². The quantitative estimate of drug-likeness (QED) is 0.798. The van der Waals surface area contributed by atoms with Gasteiger partial charge in [0.15, 0.2) is 0 Å². The van der Waals surface area contributed by atoms with Gasteiger partial charge in [-0.3, -0.25) is 9.48 Å². The number of anilines is 1. The number of nitrogens with two attached hydrogens (primary N) is 1. The minimum Gasteiger partial charge on any atom is -0.398 e. The second kappa shape index (κ2) is 4.87. The van der Waals surface area contributed by atoms with E-state index in [4.69, 9.17) is 5.73 Å². The van der Waals surface area contributed by atoms with Crippen LogP contribution in [0.3, 0.4) is 0 Å². The van der Waals surface area contributed by atoms with Gasteiger partial charge >= 0.3 is 0 Å². The molecule has 0 spiro atoms. The predicted molar refractivity (Wildman–Crippen MR) is 65.2 cm³/mol. The van der Waals surface area contributed by atoms with Crippen molar-refractivity contribution in [3.63, 3.8) is 0 Å². The van der Waals surface area contributed by atoms with Crippen molar-refractivity contribution < 1.29 is 9.18 Å². The van der Waals surface area contributed by atoms with Crippen LogP contribution in [0.5, 0.6) is 0 Å². The molecule has 0 aliphatic heterocycles. The first-order chi connectivity index (χ1) is 8.56. The Hall–Kier alpha value is -2.37. The van der Waals surface area contributed by atoms with Gasteiger partial charge in [-0.1, -0.05) is 0 Å². The summed E-state index contributed by atoms with van der Waals surface area (Å²) in [5.41, 5.74) is 6.85. The van der Waals surface area contributed by atoms with Crippen LogP contribution in [0.1, 0.15) is 15.9 Å². The average Bonchev–Trinajstić information content (AvgIpc) is 2.72. The lowest BCUT2D eigenvalue weighted by Crippen LogP contribution is -2.23. The van der Waals surface area contributed by atoms with Crippen molar-refractivity contribution in [3.8, 4) is 0 Å². The molecule has 0 aliphatic rings. The highest BCUT2D eigenvalue weighted by Gasteiger charge is 2.10. The molecule has 0 aliphatic carbocycles. The van der Waals surface area contributed by atoms with Gasteiger partial charge in [0.2, 0.25) is 0 Å². The van der Waals surface area contributed by atoms with E-state index in [0.717, 1.165) is 11.6 Å². The maximum Gasteiger partial charge on any atom is 0.253 e. The molecule has 18 heavy (non-hydrogen) atoms. The number of benzene rings is 1. The first-order valence-electron chi connectivity index (χ1n) is 5.37. The first-order valence-corrected chi connectivity index (χ1v) is 5.37. The van der Waals surface area contributed by atoms with Crippen LogP contribution in [0.2, 0.25) is 0 Å².